The largest absolute Gasteiger partial charge is 0.379 e. The zero-order chi connectivity index (χ0) is 13.4. The van der Waals surface area contributed by atoms with E-state index in [2.05, 4.69) is 36.4 Å². The van der Waals surface area contributed by atoms with E-state index in [-0.39, 0.29) is 17.9 Å². The van der Waals surface area contributed by atoms with Crippen molar-refractivity contribution in [2.75, 3.05) is 46.4 Å². The maximum atomic E-state index is 12.0. The van der Waals surface area contributed by atoms with Gasteiger partial charge in [0.05, 0.1) is 19.1 Å². The predicted molar refractivity (Wildman–Crippen MR) is 72.6 cm³/mol. The number of ether oxygens (including phenoxy) is 1. The van der Waals surface area contributed by atoms with Crippen LogP contribution < -0.4 is 10.6 Å². The molecule has 0 aliphatic carbocycles. The van der Waals surface area contributed by atoms with Crippen LogP contribution in [0, 0.1) is 5.92 Å². The van der Waals surface area contributed by atoms with Crippen LogP contribution in [-0.2, 0) is 9.53 Å². The van der Waals surface area contributed by atoms with Crippen molar-refractivity contribution in [1.82, 2.24) is 15.5 Å². The van der Waals surface area contributed by atoms with E-state index in [1.807, 2.05) is 0 Å². The van der Waals surface area contributed by atoms with Crippen LogP contribution in [0.4, 0.5) is 0 Å². The fourth-order valence-electron chi connectivity index (χ4n) is 2.00. The molecule has 0 aromatic carbocycles. The number of carbonyl (C=O) groups excluding carboxylic acids is 1. The van der Waals surface area contributed by atoms with Crippen LogP contribution in [0.3, 0.4) is 0 Å². The molecular formula is C13H27N3O2. The lowest BCUT2D eigenvalue weighted by Crippen LogP contribution is -2.45. The van der Waals surface area contributed by atoms with Crippen molar-refractivity contribution >= 4 is 5.91 Å². The van der Waals surface area contributed by atoms with Crippen molar-refractivity contribution in [2.45, 2.75) is 26.3 Å². The Hall–Kier alpha value is -0.650. The third-order valence-electron chi connectivity index (χ3n) is 3.41. The Morgan fingerprint density at radius 2 is 2.11 bits per heavy atom. The summed E-state index contributed by atoms with van der Waals surface area (Å²) in [5, 5.41) is 6.37. The van der Waals surface area contributed by atoms with Gasteiger partial charge in [0.2, 0.25) is 5.91 Å². The molecule has 0 bridgehead atoms. The molecule has 0 saturated carbocycles. The number of carbonyl (C=O) groups is 1. The summed E-state index contributed by atoms with van der Waals surface area (Å²) in [6.45, 7) is 8.96. The topological polar surface area (TPSA) is 53.6 Å². The van der Waals surface area contributed by atoms with Gasteiger partial charge in [-0.3, -0.25) is 4.79 Å². The highest BCUT2D eigenvalue weighted by Gasteiger charge is 2.33. The first-order chi connectivity index (χ1) is 8.69. The molecule has 1 amide bonds. The molecule has 5 heteroatoms. The van der Waals surface area contributed by atoms with Crippen LogP contribution in [0.25, 0.3) is 0 Å². The number of likely N-dealkylation sites (N-methyl/N-ethyl adjacent to an activating group) is 1. The highest BCUT2D eigenvalue weighted by atomic mass is 16.5. The molecule has 0 aromatic heterocycles. The van der Waals surface area contributed by atoms with Gasteiger partial charge < -0.3 is 20.3 Å². The lowest BCUT2D eigenvalue weighted by Gasteiger charge is -2.19. The van der Waals surface area contributed by atoms with Gasteiger partial charge in [-0.2, -0.15) is 0 Å². The van der Waals surface area contributed by atoms with Crippen molar-refractivity contribution in [3.8, 4) is 0 Å². The fraction of sp³-hybridized carbons (Fsp3) is 0.923. The molecule has 0 spiro atoms. The first-order valence-electron chi connectivity index (χ1n) is 6.96. The summed E-state index contributed by atoms with van der Waals surface area (Å²) in [6, 6.07) is 0.175. The highest BCUT2D eigenvalue weighted by Crippen LogP contribution is 2.13. The molecule has 1 rings (SSSR count). The van der Waals surface area contributed by atoms with Gasteiger partial charge >= 0.3 is 0 Å². The number of hydrogen-bond donors (Lipinski definition) is 2. The summed E-state index contributed by atoms with van der Waals surface area (Å²) >= 11 is 0. The summed E-state index contributed by atoms with van der Waals surface area (Å²) in [5.41, 5.74) is 0. The van der Waals surface area contributed by atoms with E-state index in [9.17, 15) is 4.79 Å². The van der Waals surface area contributed by atoms with Crippen LogP contribution >= 0.6 is 0 Å². The minimum absolute atomic E-state index is 0.0384. The minimum atomic E-state index is -0.0384. The maximum Gasteiger partial charge on any atom is 0.227 e. The van der Waals surface area contributed by atoms with E-state index < -0.39 is 0 Å². The van der Waals surface area contributed by atoms with E-state index >= 15 is 0 Å². The SMILES string of the molecule is CCCNC1COCC1C(=O)NCCN(C)CC. The van der Waals surface area contributed by atoms with Crippen molar-refractivity contribution < 1.29 is 9.53 Å². The van der Waals surface area contributed by atoms with E-state index in [4.69, 9.17) is 4.74 Å². The van der Waals surface area contributed by atoms with Crippen molar-refractivity contribution in [3.63, 3.8) is 0 Å². The van der Waals surface area contributed by atoms with Gasteiger partial charge in [-0.1, -0.05) is 13.8 Å². The van der Waals surface area contributed by atoms with Gasteiger partial charge in [0.1, 0.15) is 0 Å². The summed E-state index contributed by atoms with van der Waals surface area (Å²) in [5.74, 6) is 0.0779. The molecule has 1 aliphatic rings. The average Bonchev–Trinajstić information content (AvgIpc) is 2.84. The quantitative estimate of drug-likeness (QED) is 0.646. The molecule has 1 aliphatic heterocycles. The standard InChI is InChI=1S/C13H27N3O2/c1-4-6-14-12-10-18-9-11(12)13(17)15-7-8-16(3)5-2/h11-12,14H,4-10H2,1-3H3,(H,15,17). The van der Waals surface area contributed by atoms with Crippen molar-refractivity contribution in [2.24, 2.45) is 5.92 Å². The Bertz CT molecular complexity index is 248. The van der Waals surface area contributed by atoms with E-state index in [0.29, 0.717) is 19.8 Å². The second-order valence-electron chi connectivity index (χ2n) is 4.89. The van der Waals surface area contributed by atoms with Gasteiger partial charge in [0, 0.05) is 19.1 Å². The molecule has 1 heterocycles. The maximum absolute atomic E-state index is 12.0. The van der Waals surface area contributed by atoms with E-state index in [1.165, 1.54) is 0 Å². The Balaban J connectivity index is 2.27. The lowest BCUT2D eigenvalue weighted by atomic mass is 10.0. The number of hydrogen-bond acceptors (Lipinski definition) is 4. The van der Waals surface area contributed by atoms with Crippen molar-refractivity contribution in [1.29, 1.82) is 0 Å². The zero-order valence-corrected chi connectivity index (χ0v) is 11.9. The molecule has 106 valence electrons. The summed E-state index contributed by atoms with van der Waals surface area (Å²) < 4.78 is 5.40. The van der Waals surface area contributed by atoms with Crippen LogP contribution in [0.5, 0.6) is 0 Å². The first kappa shape index (κ1) is 15.4. The molecule has 5 nitrogen and oxygen atoms in total. The fourth-order valence-corrected chi connectivity index (χ4v) is 2.00. The Morgan fingerprint density at radius 1 is 1.33 bits per heavy atom. The third kappa shape index (κ3) is 4.92. The number of nitrogens with zero attached hydrogens (tertiary/aromatic N) is 1. The summed E-state index contributed by atoms with van der Waals surface area (Å²) in [7, 11) is 2.05. The molecule has 0 aromatic rings. The zero-order valence-electron chi connectivity index (χ0n) is 11.9. The Labute approximate surface area is 110 Å². The predicted octanol–water partition coefficient (Wildman–Crippen LogP) is 0.0689. The average molecular weight is 257 g/mol. The second-order valence-corrected chi connectivity index (χ2v) is 4.89. The summed E-state index contributed by atoms with van der Waals surface area (Å²) in [6.07, 6.45) is 1.08. The Kier molecular flexibility index (Phi) is 7.23. The second kappa shape index (κ2) is 8.45. The molecule has 0 radical (unpaired) electrons. The molecule has 1 fully saturated rings. The molecular weight excluding hydrogens is 230 g/mol. The molecule has 2 atom stereocenters. The first-order valence-corrected chi connectivity index (χ1v) is 6.96. The van der Waals surface area contributed by atoms with E-state index in [1.54, 1.807) is 0 Å². The molecule has 2 N–H and O–H groups in total. The van der Waals surface area contributed by atoms with Gasteiger partial charge in [-0.15, -0.1) is 0 Å². The molecule has 18 heavy (non-hydrogen) atoms. The van der Waals surface area contributed by atoms with E-state index in [0.717, 1.165) is 26.1 Å². The van der Waals surface area contributed by atoms with Crippen LogP contribution in [-0.4, -0.2) is 63.3 Å². The lowest BCUT2D eigenvalue weighted by molar-refractivity contribution is -0.125. The van der Waals surface area contributed by atoms with Crippen LogP contribution in [0.15, 0.2) is 0 Å². The molecule has 1 saturated heterocycles. The minimum Gasteiger partial charge on any atom is -0.379 e. The normalized spacial score (nSPS) is 23.6. The van der Waals surface area contributed by atoms with Gasteiger partial charge in [0.25, 0.3) is 0 Å². The van der Waals surface area contributed by atoms with Gasteiger partial charge in [-0.25, -0.2) is 0 Å². The molecule has 2 unspecified atom stereocenters. The number of rotatable bonds is 8. The Morgan fingerprint density at radius 3 is 2.78 bits per heavy atom. The smallest absolute Gasteiger partial charge is 0.227 e. The van der Waals surface area contributed by atoms with Gasteiger partial charge in [-0.05, 0) is 26.6 Å². The monoisotopic (exact) mass is 257 g/mol. The number of nitrogens with one attached hydrogen (secondary N) is 2. The van der Waals surface area contributed by atoms with Crippen molar-refractivity contribution in [3.05, 3.63) is 0 Å². The highest BCUT2D eigenvalue weighted by molar-refractivity contribution is 5.79. The van der Waals surface area contributed by atoms with Crippen LogP contribution in [0.1, 0.15) is 20.3 Å². The van der Waals surface area contributed by atoms with Gasteiger partial charge in [0.15, 0.2) is 0 Å². The van der Waals surface area contributed by atoms with Crippen LogP contribution in [0.2, 0.25) is 0 Å². The third-order valence-corrected chi connectivity index (χ3v) is 3.41. The summed E-state index contributed by atoms with van der Waals surface area (Å²) in [4.78, 5) is 14.2. The number of amides is 1.